The molecule has 1 aromatic heterocycles. The molecule has 0 bridgehead atoms. The van der Waals surface area contributed by atoms with E-state index >= 15 is 0 Å². The molecule has 3 rings (SSSR count). The van der Waals surface area contributed by atoms with Crippen LogP contribution in [-0.2, 0) is 32.1 Å². The summed E-state index contributed by atoms with van der Waals surface area (Å²) in [5.74, 6) is -1.84. The summed E-state index contributed by atoms with van der Waals surface area (Å²) in [6, 6.07) is 17.5. The second-order valence-electron chi connectivity index (χ2n) is 14.8. The Hall–Kier alpha value is -4.29. The van der Waals surface area contributed by atoms with Crippen molar-refractivity contribution in [2.45, 2.75) is 118 Å². The molecule has 0 spiro atoms. The first kappa shape index (κ1) is 42.1. The van der Waals surface area contributed by atoms with Crippen molar-refractivity contribution in [2.75, 3.05) is 0 Å². The number of aliphatic hydroxyl groups is 1. The fourth-order valence-electron chi connectivity index (χ4n) is 5.54. The van der Waals surface area contributed by atoms with E-state index in [0.29, 0.717) is 24.3 Å². The molecule has 0 unspecified atom stereocenters. The first-order valence-corrected chi connectivity index (χ1v) is 18.9. The summed E-state index contributed by atoms with van der Waals surface area (Å²) < 4.78 is 10.9. The number of hydrogen-bond acceptors (Lipinski definition) is 9. The van der Waals surface area contributed by atoms with Gasteiger partial charge in [0.05, 0.1) is 5.92 Å². The Morgan fingerprint density at radius 1 is 0.865 bits per heavy atom. The van der Waals surface area contributed by atoms with Crippen LogP contribution in [0.1, 0.15) is 107 Å². The van der Waals surface area contributed by atoms with E-state index < -0.39 is 47.7 Å². The van der Waals surface area contributed by atoms with Gasteiger partial charge in [-0.25, -0.2) is 9.78 Å². The van der Waals surface area contributed by atoms with E-state index in [0.717, 1.165) is 22.5 Å². The van der Waals surface area contributed by atoms with Gasteiger partial charge in [0.2, 0.25) is 5.91 Å². The molecule has 1 heterocycles. The minimum atomic E-state index is -1.06. The molecular formula is C40H56N4O7S. The predicted octanol–water partition coefficient (Wildman–Crippen LogP) is 6.76. The van der Waals surface area contributed by atoms with E-state index in [-0.39, 0.29) is 42.4 Å². The number of nitrogens with zero attached hydrogens (tertiary/aromatic N) is 1. The number of hydrogen-bond donors (Lipinski definition) is 4. The number of amides is 3. The standard InChI is InChI=1S/C40H56N4O7S/c1-9-26(4)34(44-39(49)51-40(6,7)8)36(47)42-31(25(2)3)22-33(45)37-43-32(24-52-37)35(46)41-30(21-28-16-12-10-13-17-28)20-27(5)38(48)50-23-29-18-14-11-15-19-29/h10-19,24-27,30-31,33-34,45H,9,20-23H2,1-8H3,(H,41,46)(H,42,47)(H,44,49)/t26-,27-,30+,31+,33-,34-/m0/s1. The summed E-state index contributed by atoms with van der Waals surface area (Å²) in [5, 5.41) is 21.9. The molecule has 6 atom stereocenters. The molecule has 3 aromatic rings. The van der Waals surface area contributed by atoms with Gasteiger partial charge < -0.3 is 30.5 Å². The Kier molecular flexibility index (Phi) is 16.3. The highest BCUT2D eigenvalue weighted by Gasteiger charge is 2.32. The molecule has 2 aromatic carbocycles. The molecule has 0 aliphatic rings. The van der Waals surface area contributed by atoms with Gasteiger partial charge in [0.1, 0.15) is 35.1 Å². The van der Waals surface area contributed by atoms with E-state index in [1.54, 1.807) is 33.1 Å². The number of aromatic nitrogens is 1. The quantitative estimate of drug-likeness (QED) is 0.105. The number of alkyl carbamates (subject to hydrolysis) is 1. The van der Waals surface area contributed by atoms with Crippen LogP contribution in [0.4, 0.5) is 4.79 Å². The lowest BCUT2D eigenvalue weighted by atomic mass is 9.94. The average molecular weight is 737 g/mol. The van der Waals surface area contributed by atoms with Crippen molar-refractivity contribution in [1.29, 1.82) is 0 Å². The number of ether oxygens (including phenoxy) is 2. The van der Waals surface area contributed by atoms with E-state index in [9.17, 15) is 24.3 Å². The Labute approximate surface area is 312 Å². The SMILES string of the molecule is CC[C@H](C)[C@H](NC(=O)OC(C)(C)C)C(=O)N[C@H](C[C@H](O)c1nc(C(=O)N[C@@H](Cc2ccccc2)C[C@H](C)C(=O)OCc2ccccc2)cs1)C(C)C. The van der Waals surface area contributed by atoms with Crippen molar-refractivity contribution in [2.24, 2.45) is 17.8 Å². The van der Waals surface area contributed by atoms with Crippen LogP contribution in [0.2, 0.25) is 0 Å². The van der Waals surface area contributed by atoms with Gasteiger partial charge in [-0.05, 0) is 56.6 Å². The minimum absolute atomic E-state index is 0.0550. The first-order valence-electron chi connectivity index (χ1n) is 18.0. The molecule has 11 nitrogen and oxygen atoms in total. The smallest absolute Gasteiger partial charge is 0.408 e. The van der Waals surface area contributed by atoms with Crippen LogP contribution in [-0.4, -0.2) is 57.7 Å². The van der Waals surface area contributed by atoms with E-state index in [1.807, 2.05) is 88.4 Å². The lowest BCUT2D eigenvalue weighted by Gasteiger charge is -2.30. The van der Waals surface area contributed by atoms with Gasteiger partial charge in [-0.15, -0.1) is 11.3 Å². The van der Waals surface area contributed by atoms with Crippen molar-refractivity contribution in [1.82, 2.24) is 20.9 Å². The molecule has 284 valence electrons. The number of rotatable bonds is 18. The average Bonchev–Trinajstić information content (AvgIpc) is 3.60. The number of benzene rings is 2. The maximum Gasteiger partial charge on any atom is 0.408 e. The topological polar surface area (TPSA) is 156 Å². The van der Waals surface area contributed by atoms with E-state index in [4.69, 9.17) is 9.47 Å². The van der Waals surface area contributed by atoms with Crippen molar-refractivity contribution in [3.05, 3.63) is 87.9 Å². The lowest BCUT2D eigenvalue weighted by molar-refractivity contribution is -0.149. The fourth-order valence-corrected chi connectivity index (χ4v) is 6.33. The summed E-state index contributed by atoms with van der Waals surface area (Å²) in [5.41, 5.74) is 1.34. The fraction of sp³-hybridized carbons (Fsp3) is 0.525. The monoisotopic (exact) mass is 736 g/mol. The van der Waals surface area contributed by atoms with Crippen LogP contribution in [0.15, 0.2) is 66.0 Å². The number of esters is 1. The molecule has 0 saturated carbocycles. The molecule has 0 radical (unpaired) electrons. The maximum absolute atomic E-state index is 13.5. The largest absolute Gasteiger partial charge is 0.461 e. The van der Waals surface area contributed by atoms with Crippen LogP contribution >= 0.6 is 11.3 Å². The summed E-state index contributed by atoms with van der Waals surface area (Å²) in [6.45, 7) is 14.9. The third kappa shape index (κ3) is 14.0. The van der Waals surface area contributed by atoms with Gasteiger partial charge >= 0.3 is 12.1 Å². The second kappa shape index (κ2) is 20.1. The molecule has 0 aliphatic heterocycles. The third-order valence-electron chi connectivity index (χ3n) is 8.74. The highest BCUT2D eigenvalue weighted by atomic mass is 32.1. The van der Waals surface area contributed by atoms with Crippen LogP contribution in [0.5, 0.6) is 0 Å². The zero-order chi connectivity index (χ0) is 38.4. The number of aliphatic hydroxyl groups excluding tert-OH is 1. The summed E-state index contributed by atoms with van der Waals surface area (Å²) in [6.07, 6.45) is -0.0820. The molecule has 0 fully saturated rings. The first-order chi connectivity index (χ1) is 24.6. The van der Waals surface area contributed by atoms with Crippen molar-refractivity contribution in [3.63, 3.8) is 0 Å². The lowest BCUT2D eigenvalue weighted by Crippen LogP contribution is -2.54. The molecular weight excluding hydrogens is 681 g/mol. The van der Waals surface area contributed by atoms with E-state index in [2.05, 4.69) is 20.9 Å². The van der Waals surface area contributed by atoms with Crippen LogP contribution in [0.25, 0.3) is 0 Å². The van der Waals surface area contributed by atoms with Crippen molar-refractivity contribution in [3.8, 4) is 0 Å². The van der Waals surface area contributed by atoms with Crippen molar-refractivity contribution < 1.29 is 33.8 Å². The van der Waals surface area contributed by atoms with Gasteiger partial charge in [-0.1, -0.05) is 102 Å². The van der Waals surface area contributed by atoms with Gasteiger partial charge in [-0.2, -0.15) is 0 Å². The Balaban J connectivity index is 1.66. The maximum atomic E-state index is 13.5. The highest BCUT2D eigenvalue weighted by molar-refractivity contribution is 7.09. The van der Waals surface area contributed by atoms with Gasteiger partial charge in [-0.3, -0.25) is 14.4 Å². The molecule has 4 N–H and O–H groups in total. The molecule has 0 aliphatic carbocycles. The third-order valence-corrected chi connectivity index (χ3v) is 9.69. The van der Waals surface area contributed by atoms with E-state index in [1.165, 1.54) is 0 Å². The predicted molar refractivity (Wildman–Crippen MR) is 202 cm³/mol. The van der Waals surface area contributed by atoms with Crippen LogP contribution < -0.4 is 16.0 Å². The van der Waals surface area contributed by atoms with Gasteiger partial charge in [0, 0.05) is 23.9 Å². The zero-order valence-electron chi connectivity index (χ0n) is 31.7. The number of thiazole rings is 1. The molecule has 52 heavy (non-hydrogen) atoms. The normalized spacial score (nSPS) is 15.0. The highest BCUT2D eigenvalue weighted by Crippen LogP contribution is 2.26. The second-order valence-corrected chi connectivity index (χ2v) is 15.7. The Morgan fingerprint density at radius 3 is 2.06 bits per heavy atom. The van der Waals surface area contributed by atoms with Crippen LogP contribution in [0.3, 0.4) is 0 Å². The Morgan fingerprint density at radius 2 is 1.48 bits per heavy atom. The molecule has 3 amide bonds. The van der Waals surface area contributed by atoms with Gasteiger partial charge in [0.25, 0.3) is 5.91 Å². The van der Waals surface area contributed by atoms with Crippen molar-refractivity contribution >= 4 is 35.2 Å². The summed E-state index contributed by atoms with van der Waals surface area (Å²) >= 11 is 1.16. The summed E-state index contributed by atoms with van der Waals surface area (Å²) in [7, 11) is 0. The number of carbonyl (C=O) groups is 4. The number of nitrogens with one attached hydrogen (secondary N) is 3. The van der Waals surface area contributed by atoms with Gasteiger partial charge in [0.15, 0.2) is 0 Å². The summed E-state index contributed by atoms with van der Waals surface area (Å²) in [4.78, 5) is 56.9. The molecule has 12 heteroatoms. The zero-order valence-corrected chi connectivity index (χ0v) is 32.5. The van der Waals surface area contributed by atoms with Crippen LogP contribution in [0, 0.1) is 17.8 Å². The molecule has 0 saturated heterocycles. The number of carbonyl (C=O) groups excluding carboxylic acids is 4. The minimum Gasteiger partial charge on any atom is -0.461 e. The Bertz CT molecular complexity index is 1580.